The molecular weight excluding hydrogens is 202 g/mol. The number of nitrogens with zero attached hydrogens (tertiary/aromatic N) is 1. The van der Waals surface area contributed by atoms with Gasteiger partial charge in [0.25, 0.3) is 0 Å². The minimum absolute atomic E-state index is 0.160. The van der Waals surface area contributed by atoms with E-state index in [9.17, 15) is 4.79 Å². The van der Waals surface area contributed by atoms with Crippen molar-refractivity contribution in [1.82, 2.24) is 15.5 Å². The molecule has 1 saturated carbocycles. The van der Waals surface area contributed by atoms with Crippen molar-refractivity contribution in [3.63, 3.8) is 0 Å². The van der Waals surface area contributed by atoms with Crippen LogP contribution in [-0.2, 0) is 4.79 Å². The standard InChI is InChI=1S/C12H25N3O/c1-15(2)10-9-14-12(16)7-8-13-11-5-3-4-6-11/h11,13H,3-10H2,1-2H3,(H,14,16). The van der Waals surface area contributed by atoms with Gasteiger partial charge in [0, 0.05) is 32.1 Å². The Hall–Kier alpha value is -0.610. The average molecular weight is 227 g/mol. The molecule has 0 heterocycles. The monoisotopic (exact) mass is 227 g/mol. The van der Waals surface area contributed by atoms with Gasteiger partial charge >= 0.3 is 0 Å². The summed E-state index contributed by atoms with van der Waals surface area (Å²) < 4.78 is 0. The van der Waals surface area contributed by atoms with Crippen LogP contribution in [0.5, 0.6) is 0 Å². The third-order valence-corrected chi connectivity index (χ3v) is 3.02. The molecule has 94 valence electrons. The maximum atomic E-state index is 11.4. The zero-order valence-corrected chi connectivity index (χ0v) is 10.6. The van der Waals surface area contributed by atoms with E-state index in [1.54, 1.807) is 0 Å². The van der Waals surface area contributed by atoms with Crippen LogP contribution in [0.1, 0.15) is 32.1 Å². The highest BCUT2D eigenvalue weighted by Gasteiger charge is 2.13. The van der Waals surface area contributed by atoms with Crippen molar-refractivity contribution >= 4 is 5.91 Å². The Morgan fingerprint density at radius 2 is 1.94 bits per heavy atom. The molecule has 0 bridgehead atoms. The lowest BCUT2D eigenvalue weighted by molar-refractivity contribution is -0.121. The highest BCUT2D eigenvalue weighted by Crippen LogP contribution is 2.17. The fourth-order valence-electron chi connectivity index (χ4n) is 2.03. The Morgan fingerprint density at radius 1 is 1.25 bits per heavy atom. The molecule has 0 unspecified atom stereocenters. The van der Waals surface area contributed by atoms with Crippen molar-refractivity contribution in [3.05, 3.63) is 0 Å². The molecular formula is C12H25N3O. The molecule has 1 aliphatic rings. The smallest absolute Gasteiger partial charge is 0.221 e. The van der Waals surface area contributed by atoms with E-state index in [0.717, 1.165) is 19.6 Å². The van der Waals surface area contributed by atoms with Crippen LogP contribution in [0.15, 0.2) is 0 Å². The summed E-state index contributed by atoms with van der Waals surface area (Å²) in [4.78, 5) is 13.5. The van der Waals surface area contributed by atoms with Gasteiger partial charge in [-0.2, -0.15) is 0 Å². The lowest BCUT2D eigenvalue weighted by Gasteiger charge is -2.12. The quantitative estimate of drug-likeness (QED) is 0.669. The first-order chi connectivity index (χ1) is 7.68. The van der Waals surface area contributed by atoms with Crippen LogP contribution in [-0.4, -0.2) is 50.6 Å². The van der Waals surface area contributed by atoms with E-state index in [4.69, 9.17) is 0 Å². The molecule has 0 radical (unpaired) electrons. The number of rotatable bonds is 7. The zero-order valence-electron chi connectivity index (χ0n) is 10.6. The second-order valence-corrected chi connectivity index (χ2v) is 4.84. The van der Waals surface area contributed by atoms with Crippen LogP contribution in [0, 0.1) is 0 Å². The van der Waals surface area contributed by atoms with E-state index >= 15 is 0 Å². The number of hydrogen-bond acceptors (Lipinski definition) is 3. The second kappa shape index (κ2) is 7.63. The number of nitrogens with one attached hydrogen (secondary N) is 2. The summed E-state index contributed by atoms with van der Waals surface area (Å²) in [5, 5.41) is 6.36. The maximum absolute atomic E-state index is 11.4. The van der Waals surface area contributed by atoms with Crippen molar-refractivity contribution in [2.24, 2.45) is 0 Å². The normalized spacial score (nSPS) is 16.9. The average Bonchev–Trinajstić information content (AvgIpc) is 2.70. The van der Waals surface area contributed by atoms with E-state index in [-0.39, 0.29) is 5.91 Å². The molecule has 1 aliphatic carbocycles. The number of likely N-dealkylation sites (N-methyl/N-ethyl adjacent to an activating group) is 1. The highest BCUT2D eigenvalue weighted by molar-refractivity contribution is 5.76. The van der Waals surface area contributed by atoms with Gasteiger partial charge in [-0.25, -0.2) is 0 Å². The minimum atomic E-state index is 0.160. The molecule has 0 aromatic rings. The minimum Gasteiger partial charge on any atom is -0.355 e. The topological polar surface area (TPSA) is 44.4 Å². The van der Waals surface area contributed by atoms with Crippen LogP contribution < -0.4 is 10.6 Å². The van der Waals surface area contributed by atoms with Gasteiger partial charge in [0.15, 0.2) is 0 Å². The van der Waals surface area contributed by atoms with E-state index in [1.807, 2.05) is 14.1 Å². The molecule has 1 amide bonds. The van der Waals surface area contributed by atoms with Gasteiger partial charge in [-0.05, 0) is 26.9 Å². The molecule has 16 heavy (non-hydrogen) atoms. The van der Waals surface area contributed by atoms with Crippen molar-refractivity contribution < 1.29 is 4.79 Å². The highest BCUT2D eigenvalue weighted by atomic mass is 16.1. The molecule has 0 atom stereocenters. The van der Waals surface area contributed by atoms with E-state index < -0.39 is 0 Å². The lowest BCUT2D eigenvalue weighted by atomic mass is 10.2. The summed E-state index contributed by atoms with van der Waals surface area (Å²) >= 11 is 0. The van der Waals surface area contributed by atoms with Gasteiger partial charge in [-0.3, -0.25) is 4.79 Å². The first kappa shape index (κ1) is 13.5. The van der Waals surface area contributed by atoms with Crippen molar-refractivity contribution in [3.8, 4) is 0 Å². The Morgan fingerprint density at radius 3 is 2.56 bits per heavy atom. The van der Waals surface area contributed by atoms with E-state index in [1.165, 1.54) is 25.7 Å². The Kier molecular flexibility index (Phi) is 6.42. The van der Waals surface area contributed by atoms with Crippen LogP contribution in [0.3, 0.4) is 0 Å². The van der Waals surface area contributed by atoms with Gasteiger partial charge < -0.3 is 15.5 Å². The van der Waals surface area contributed by atoms with E-state index in [2.05, 4.69) is 15.5 Å². The summed E-state index contributed by atoms with van der Waals surface area (Å²) in [5.41, 5.74) is 0. The summed E-state index contributed by atoms with van der Waals surface area (Å²) in [6, 6.07) is 0.662. The first-order valence-electron chi connectivity index (χ1n) is 6.33. The summed E-state index contributed by atoms with van der Waals surface area (Å²) in [5.74, 6) is 0.160. The Balaban J connectivity index is 1.93. The lowest BCUT2D eigenvalue weighted by Crippen LogP contribution is -2.34. The molecule has 0 spiro atoms. The number of amides is 1. The third-order valence-electron chi connectivity index (χ3n) is 3.02. The van der Waals surface area contributed by atoms with Crippen LogP contribution in [0.4, 0.5) is 0 Å². The summed E-state index contributed by atoms with van der Waals surface area (Å²) in [7, 11) is 4.02. The molecule has 0 aliphatic heterocycles. The number of carbonyl (C=O) groups excluding carboxylic acids is 1. The molecule has 1 rings (SSSR count). The molecule has 1 fully saturated rings. The third kappa shape index (κ3) is 6.08. The van der Waals surface area contributed by atoms with Crippen molar-refractivity contribution in [2.75, 3.05) is 33.7 Å². The fraction of sp³-hybridized carbons (Fsp3) is 0.917. The molecule has 4 nitrogen and oxygen atoms in total. The summed E-state index contributed by atoms with van der Waals surface area (Å²) in [6.07, 6.45) is 5.84. The molecule has 2 N–H and O–H groups in total. The Bertz CT molecular complexity index is 200. The van der Waals surface area contributed by atoms with Gasteiger partial charge in [-0.15, -0.1) is 0 Å². The van der Waals surface area contributed by atoms with Crippen LogP contribution in [0.25, 0.3) is 0 Å². The summed E-state index contributed by atoms with van der Waals surface area (Å²) in [6.45, 7) is 2.47. The molecule has 4 heteroatoms. The number of carbonyl (C=O) groups is 1. The van der Waals surface area contributed by atoms with Gasteiger partial charge in [0.05, 0.1) is 0 Å². The van der Waals surface area contributed by atoms with Crippen LogP contribution in [0.2, 0.25) is 0 Å². The molecule has 0 aromatic carbocycles. The molecule has 0 aromatic heterocycles. The Labute approximate surface area is 98.8 Å². The van der Waals surface area contributed by atoms with E-state index in [0.29, 0.717) is 12.5 Å². The maximum Gasteiger partial charge on any atom is 0.221 e. The second-order valence-electron chi connectivity index (χ2n) is 4.84. The van der Waals surface area contributed by atoms with Gasteiger partial charge in [0.2, 0.25) is 5.91 Å². The molecule has 0 saturated heterocycles. The van der Waals surface area contributed by atoms with Crippen molar-refractivity contribution in [2.45, 2.75) is 38.1 Å². The van der Waals surface area contributed by atoms with Gasteiger partial charge in [0.1, 0.15) is 0 Å². The first-order valence-corrected chi connectivity index (χ1v) is 6.33. The van der Waals surface area contributed by atoms with Gasteiger partial charge in [-0.1, -0.05) is 12.8 Å². The predicted molar refractivity (Wildman–Crippen MR) is 66.4 cm³/mol. The largest absolute Gasteiger partial charge is 0.355 e. The predicted octanol–water partition coefficient (Wildman–Crippen LogP) is 0.587. The van der Waals surface area contributed by atoms with Crippen molar-refractivity contribution in [1.29, 1.82) is 0 Å². The zero-order chi connectivity index (χ0) is 11.8. The fourth-order valence-corrected chi connectivity index (χ4v) is 2.03. The number of hydrogen-bond donors (Lipinski definition) is 2. The van der Waals surface area contributed by atoms with Crippen LogP contribution >= 0.6 is 0 Å². The SMILES string of the molecule is CN(C)CCNC(=O)CCNC1CCCC1.